The quantitative estimate of drug-likeness (QED) is 0.742. The highest BCUT2D eigenvalue weighted by atomic mass is 32.2. The van der Waals surface area contributed by atoms with E-state index in [-0.39, 0.29) is 4.90 Å². The van der Waals surface area contributed by atoms with Crippen LogP contribution in [0, 0.1) is 0 Å². The molecule has 0 unspecified atom stereocenters. The fourth-order valence-corrected chi connectivity index (χ4v) is 4.07. The molecule has 2 rings (SSSR count). The minimum Gasteiger partial charge on any atom is -0.301 e. The van der Waals surface area contributed by atoms with Gasteiger partial charge in [0.25, 0.3) is 0 Å². The third kappa shape index (κ3) is 5.31. The van der Waals surface area contributed by atoms with Crippen LogP contribution in [0.4, 0.5) is 5.13 Å². The van der Waals surface area contributed by atoms with Crippen LogP contribution in [0.5, 0.6) is 0 Å². The van der Waals surface area contributed by atoms with Gasteiger partial charge in [0.1, 0.15) is 6.04 Å². The van der Waals surface area contributed by atoms with E-state index in [1.807, 2.05) is 6.26 Å². The number of hydrogen-bond acceptors (Lipinski definition) is 6. The number of carbonyl (C=O) groups is 1. The van der Waals surface area contributed by atoms with Crippen molar-refractivity contribution in [3.05, 3.63) is 41.9 Å². The standard InChI is InChI=1S/C14H17N3O3S3/c1-21-9-7-12(13(18)16-14-15-8-10-22-14)17-23(19,20)11-5-3-2-4-6-11/h2-6,8,10,12,17H,7,9H2,1H3,(H,15,16,18)/t12-/m0/s1. The molecule has 0 saturated heterocycles. The lowest BCUT2D eigenvalue weighted by Crippen LogP contribution is -2.44. The van der Waals surface area contributed by atoms with E-state index in [1.165, 1.54) is 23.5 Å². The van der Waals surface area contributed by atoms with E-state index in [0.29, 0.717) is 17.3 Å². The van der Waals surface area contributed by atoms with Gasteiger partial charge in [0.05, 0.1) is 4.90 Å². The Labute approximate surface area is 143 Å². The molecule has 1 heterocycles. The monoisotopic (exact) mass is 371 g/mol. The van der Waals surface area contributed by atoms with Crippen LogP contribution in [0.15, 0.2) is 46.8 Å². The summed E-state index contributed by atoms with van der Waals surface area (Å²) in [5, 5.41) is 4.82. The number of thiazole rings is 1. The van der Waals surface area contributed by atoms with E-state index in [2.05, 4.69) is 15.0 Å². The van der Waals surface area contributed by atoms with Gasteiger partial charge in [-0.05, 0) is 30.6 Å². The van der Waals surface area contributed by atoms with Crippen molar-refractivity contribution < 1.29 is 13.2 Å². The summed E-state index contributed by atoms with van der Waals surface area (Å²) in [7, 11) is -3.75. The molecule has 0 aliphatic carbocycles. The molecule has 0 fully saturated rings. The Balaban J connectivity index is 2.13. The average Bonchev–Trinajstić information content (AvgIpc) is 3.05. The molecule has 124 valence electrons. The second-order valence-electron chi connectivity index (χ2n) is 4.59. The smallest absolute Gasteiger partial charge is 0.244 e. The Morgan fingerprint density at radius 2 is 2.09 bits per heavy atom. The number of aromatic nitrogens is 1. The summed E-state index contributed by atoms with van der Waals surface area (Å²) < 4.78 is 27.3. The summed E-state index contributed by atoms with van der Waals surface area (Å²) in [6.45, 7) is 0. The van der Waals surface area contributed by atoms with Gasteiger partial charge in [-0.25, -0.2) is 13.4 Å². The van der Waals surface area contributed by atoms with E-state index in [9.17, 15) is 13.2 Å². The van der Waals surface area contributed by atoms with Gasteiger partial charge in [-0.15, -0.1) is 11.3 Å². The van der Waals surface area contributed by atoms with Crippen molar-refractivity contribution in [3.8, 4) is 0 Å². The number of hydrogen-bond donors (Lipinski definition) is 2. The zero-order valence-corrected chi connectivity index (χ0v) is 14.9. The summed E-state index contributed by atoms with van der Waals surface area (Å²) >= 11 is 2.83. The van der Waals surface area contributed by atoms with Crippen LogP contribution in [-0.4, -0.2) is 37.4 Å². The molecule has 0 bridgehead atoms. The molecule has 0 aliphatic heterocycles. The lowest BCUT2D eigenvalue weighted by Gasteiger charge is -2.17. The number of rotatable bonds is 8. The Morgan fingerprint density at radius 3 is 2.70 bits per heavy atom. The number of amides is 1. The first-order valence-corrected chi connectivity index (χ1v) is 10.6. The Morgan fingerprint density at radius 1 is 1.35 bits per heavy atom. The zero-order valence-electron chi connectivity index (χ0n) is 12.4. The van der Waals surface area contributed by atoms with E-state index in [1.54, 1.807) is 41.5 Å². The van der Waals surface area contributed by atoms with Crippen LogP contribution >= 0.6 is 23.1 Å². The molecular weight excluding hydrogens is 354 g/mol. The molecule has 23 heavy (non-hydrogen) atoms. The maximum Gasteiger partial charge on any atom is 0.244 e. The molecule has 0 radical (unpaired) electrons. The highest BCUT2D eigenvalue weighted by Crippen LogP contribution is 2.14. The van der Waals surface area contributed by atoms with Gasteiger partial charge in [0, 0.05) is 11.6 Å². The number of nitrogens with zero attached hydrogens (tertiary/aromatic N) is 1. The summed E-state index contributed by atoms with van der Waals surface area (Å²) in [6.07, 6.45) is 3.87. The van der Waals surface area contributed by atoms with Crippen molar-refractivity contribution >= 4 is 44.2 Å². The van der Waals surface area contributed by atoms with E-state index in [0.717, 1.165) is 0 Å². The molecule has 2 aromatic rings. The van der Waals surface area contributed by atoms with Crippen molar-refractivity contribution in [1.29, 1.82) is 0 Å². The molecule has 0 aliphatic rings. The molecule has 2 N–H and O–H groups in total. The van der Waals surface area contributed by atoms with E-state index in [4.69, 9.17) is 0 Å². The molecule has 0 saturated carbocycles. The van der Waals surface area contributed by atoms with Gasteiger partial charge in [-0.1, -0.05) is 18.2 Å². The van der Waals surface area contributed by atoms with Crippen molar-refractivity contribution in [1.82, 2.24) is 9.71 Å². The number of benzene rings is 1. The van der Waals surface area contributed by atoms with Crippen molar-refractivity contribution in [2.75, 3.05) is 17.3 Å². The number of sulfonamides is 1. The minimum atomic E-state index is -3.75. The van der Waals surface area contributed by atoms with Crippen LogP contribution in [0.1, 0.15) is 6.42 Å². The Kier molecular flexibility index (Phi) is 6.58. The van der Waals surface area contributed by atoms with Crippen molar-refractivity contribution in [3.63, 3.8) is 0 Å². The molecule has 1 atom stereocenters. The van der Waals surface area contributed by atoms with Crippen molar-refractivity contribution in [2.24, 2.45) is 0 Å². The first-order chi connectivity index (χ1) is 11.0. The maximum absolute atomic E-state index is 12.4. The molecule has 0 spiro atoms. The predicted octanol–water partition coefficient (Wildman–Crippen LogP) is 2.18. The number of thioether (sulfide) groups is 1. The van der Waals surface area contributed by atoms with Gasteiger partial charge >= 0.3 is 0 Å². The minimum absolute atomic E-state index is 0.135. The topological polar surface area (TPSA) is 88.2 Å². The molecule has 9 heteroatoms. The highest BCUT2D eigenvalue weighted by Gasteiger charge is 2.25. The summed E-state index contributed by atoms with van der Waals surface area (Å²) in [6, 6.07) is 7.15. The fraction of sp³-hybridized carbons (Fsp3) is 0.286. The summed E-state index contributed by atoms with van der Waals surface area (Å²) in [5.41, 5.74) is 0. The fourth-order valence-electron chi connectivity index (χ4n) is 1.81. The van der Waals surface area contributed by atoms with Gasteiger partial charge < -0.3 is 5.32 Å². The van der Waals surface area contributed by atoms with Gasteiger partial charge in [-0.3, -0.25) is 4.79 Å². The maximum atomic E-state index is 12.4. The van der Waals surface area contributed by atoms with E-state index >= 15 is 0 Å². The van der Waals surface area contributed by atoms with Gasteiger partial charge in [0.2, 0.25) is 15.9 Å². The molecular formula is C14H17N3O3S3. The lowest BCUT2D eigenvalue weighted by atomic mass is 10.2. The number of carbonyl (C=O) groups excluding carboxylic acids is 1. The molecule has 6 nitrogen and oxygen atoms in total. The van der Waals surface area contributed by atoms with Crippen LogP contribution in [0.25, 0.3) is 0 Å². The normalized spacial score (nSPS) is 12.7. The van der Waals surface area contributed by atoms with Crippen LogP contribution in [0.3, 0.4) is 0 Å². The van der Waals surface area contributed by atoms with Crippen LogP contribution < -0.4 is 10.0 Å². The molecule has 1 amide bonds. The van der Waals surface area contributed by atoms with E-state index < -0.39 is 22.0 Å². The first-order valence-electron chi connectivity index (χ1n) is 6.79. The van der Waals surface area contributed by atoms with Gasteiger partial charge in [-0.2, -0.15) is 16.5 Å². The second kappa shape index (κ2) is 8.44. The Hall–Kier alpha value is -1.42. The van der Waals surface area contributed by atoms with Gasteiger partial charge in [0.15, 0.2) is 5.13 Å². The second-order valence-corrected chi connectivity index (χ2v) is 8.19. The average molecular weight is 372 g/mol. The predicted molar refractivity (Wildman–Crippen MR) is 94.3 cm³/mol. The summed E-state index contributed by atoms with van der Waals surface area (Å²) in [5.74, 6) is 0.251. The van der Waals surface area contributed by atoms with Crippen LogP contribution in [0.2, 0.25) is 0 Å². The molecule has 1 aromatic heterocycles. The number of anilines is 1. The highest BCUT2D eigenvalue weighted by molar-refractivity contribution is 7.98. The van der Waals surface area contributed by atoms with Crippen molar-refractivity contribution in [2.45, 2.75) is 17.4 Å². The summed E-state index contributed by atoms with van der Waals surface area (Å²) in [4.78, 5) is 16.5. The van der Waals surface area contributed by atoms with Crippen LogP contribution in [-0.2, 0) is 14.8 Å². The molecule has 1 aromatic carbocycles. The number of nitrogens with one attached hydrogen (secondary N) is 2. The SMILES string of the molecule is CSCC[C@H](NS(=O)(=O)c1ccccc1)C(=O)Nc1nccs1. The Bertz CT molecular complexity index is 718. The zero-order chi connectivity index (χ0) is 16.7. The lowest BCUT2D eigenvalue weighted by molar-refractivity contribution is -0.117. The third-order valence-corrected chi connectivity index (χ3v) is 5.76. The third-order valence-electron chi connectivity index (χ3n) is 2.94. The first kappa shape index (κ1) is 17.9. The largest absolute Gasteiger partial charge is 0.301 e.